The molecular weight excluding hydrogens is 364 g/mol. The van der Waals surface area contributed by atoms with Gasteiger partial charge >= 0.3 is 5.97 Å². The Morgan fingerprint density at radius 2 is 1.64 bits per heavy atom. The average Bonchev–Trinajstić information content (AvgIpc) is 2.72. The van der Waals surface area contributed by atoms with Gasteiger partial charge in [-0.2, -0.15) is 0 Å². The minimum Gasteiger partial charge on any atom is -0.497 e. The third kappa shape index (κ3) is 5.73. The Labute approximate surface area is 162 Å². The molecule has 2 rings (SSSR count). The van der Waals surface area contributed by atoms with Crippen LogP contribution < -0.4 is 20.1 Å². The number of carbonyl (C=O) groups is 3. The summed E-state index contributed by atoms with van der Waals surface area (Å²) in [6, 6.07) is 13.3. The van der Waals surface area contributed by atoms with Crippen molar-refractivity contribution in [1.82, 2.24) is 5.32 Å². The Bertz CT molecular complexity index is 835. The van der Waals surface area contributed by atoms with Crippen molar-refractivity contribution >= 4 is 23.5 Å². The van der Waals surface area contributed by atoms with Gasteiger partial charge in [0.2, 0.25) is 0 Å². The Hall–Kier alpha value is -3.55. The Balaban J connectivity index is 1.82. The molecule has 0 aliphatic rings. The number of esters is 1. The van der Waals surface area contributed by atoms with Crippen molar-refractivity contribution in [2.75, 3.05) is 26.1 Å². The summed E-state index contributed by atoms with van der Waals surface area (Å²) >= 11 is 0. The molecule has 28 heavy (non-hydrogen) atoms. The van der Waals surface area contributed by atoms with E-state index in [0.29, 0.717) is 22.7 Å². The predicted octanol–water partition coefficient (Wildman–Crippen LogP) is 2.00. The largest absolute Gasteiger partial charge is 0.497 e. The second kappa shape index (κ2) is 9.96. The number of hydrogen-bond donors (Lipinski definition) is 2. The topological polar surface area (TPSA) is 103 Å². The van der Waals surface area contributed by atoms with Gasteiger partial charge in [0.15, 0.2) is 6.10 Å². The molecule has 2 aromatic rings. The molecule has 0 aliphatic heterocycles. The molecule has 0 unspecified atom stereocenters. The van der Waals surface area contributed by atoms with Gasteiger partial charge in [0.05, 0.1) is 19.8 Å². The molecule has 0 fully saturated rings. The second-order valence-electron chi connectivity index (χ2n) is 5.73. The van der Waals surface area contributed by atoms with E-state index in [2.05, 4.69) is 10.6 Å². The van der Waals surface area contributed by atoms with E-state index in [-0.39, 0.29) is 6.54 Å². The van der Waals surface area contributed by atoms with Crippen LogP contribution in [0.2, 0.25) is 0 Å². The molecule has 1 atom stereocenters. The fourth-order valence-electron chi connectivity index (χ4n) is 2.29. The van der Waals surface area contributed by atoms with Gasteiger partial charge in [0.25, 0.3) is 11.8 Å². The minimum atomic E-state index is -1.03. The van der Waals surface area contributed by atoms with Gasteiger partial charge in [-0.25, -0.2) is 0 Å². The fraction of sp³-hybridized carbons (Fsp3) is 0.250. The van der Waals surface area contributed by atoms with Crippen molar-refractivity contribution in [3.8, 4) is 11.5 Å². The van der Waals surface area contributed by atoms with Crippen molar-refractivity contribution in [3.05, 3.63) is 54.1 Å². The molecule has 0 heterocycles. The zero-order valence-corrected chi connectivity index (χ0v) is 15.9. The van der Waals surface area contributed by atoms with Crippen LogP contribution in [0.5, 0.6) is 11.5 Å². The van der Waals surface area contributed by atoms with E-state index < -0.39 is 23.9 Å². The second-order valence-corrected chi connectivity index (χ2v) is 5.73. The highest BCUT2D eigenvalue weighted by molar-refractivity contribution is 5.99. The van der Waals surface area contributed by atoms with E-state index in [0.717, 1.165) is 0 Å². The van der Waals surface area contributed by atoms with Crippen LogP contribution >= 0.6 is 0 Å². The third-order valence-electron chi connectivity index (χ3n) is 3.78. The van der Waals surface area contributed by atoms with Crippen molar-refractivity contribution in [2.24, 2.45) is 0 Å². The first-order valence-electron chi connectivity index (χ1n) is 8.50. The van der Waals surface area contributed by atoms with Gasteiger partial charge < -0.3 is 24.8 Å². The van der Waals surface area contributed by atoms with Crippen molar-refractivity contribution in [1.29, 1.82) is 0 Å². The zero-order valence-electron chi connectivity index (χ0n) is 15.9. The summed E-state index contributed by atoms with van der Waals surface area (Å²) in [5, 5.41) is 5.07. The smallest absolute Gasteiger partial charge is 0.326 e. The van der Waals surface area contributed by atoms with Crippen LogP contribution in [0.1, 0.15) is 17.3 Å². The van der Waals surface area contributed by atoms with E-state index in [4.69, 9.17) is 14.2 Å². The monoisotopic (exact) mass is 386 g/mol. The van der Waals surface area contributed by atoms with Gasteiger partial charge in [-0.3, -0.25) is 14.4 Å². The fourth-order valence-corrected chi connectivity index (χ4v) is 2.29. The lowest BCUT2D eigenvalue weighted by Gasteiger charge is -2.14. The summed E-state index contributed by atoms with van der Waals surface area (Å²) in [4.78, 5) is 36.2. The lowest BCUT2D eigenvalue weighted by molar-refractivity contribution is -0.152. The van der Waals surface area contributed by atoms with Gasteiger partial charge in [0, 0.05) is 5.69 Å². The number of benzene rings is 2. The lowest BCUT2D eigenvalue weighted by atomic mass is 10.2. The molecule has 0 aromatic heterocycles. The zero-order chi connectivity index (χ0) is 20.5. The molecule has 8 heteroatoms. The van der Waals surface area contributed by atoms with E-state index in [1.165, 1.54) is 14.0 Å². The standard InChI is InChI=1S/C20H22N2O6/c1-13(19(24)22-14-8-10-15(26-2)11-9-14)28-18(23)12-21-20(25)16-6-4-5-7-17(16)27-3/h4-11,13H,12H2,1-3H3,(H,21,25)(H,22,24)/t13-/m0/s1. The van der Waals surface area contributed by atoms with E-state index >= 15 is 0 Å². The van der Waals surface area contributed by atoms with Crippen LogP contribution in [0.3, 0.4) is 0 Å². The molecule has 0 bridgehead atoms. The molecule has 2 aromatic carbocycles. The van der Waals surface area contributed by atoms with Crippen molar-refractivity contribution < 1.29 is 28.6 Å². The Kier molecular flexibility index (Phi) is 7.38. The van der Waals surface area contributed by atoms with E-state index in [1.807, 2.05) is 0 Å². The highest BCUT2D eigenvalue weighted by Gasteiger charge is 2.19. The number of rotatable bonds is 8. The average molecular weight is 386 g/mol. The number of amides is 2. The summed E-state index contributed by atoms with van der Waals surface area (Å²) in [5.74, 6) is -0.663. The van der Waals surface area contributed by atoms with Crippen LogP contribution in [0.15, 0.2) is 48.5 Å². The highest BCUT2D eigenvalue weighted by Crippen LogP contribution is 2.17. The molecule has 0 radical (unpaired) electrons. The van der Waals surface area contributed by atoms with Crippen molar-refractivity contribution in [2.45, 2.75) is 13.0 Å². The number of hydrogen-bond acceptors (Lipinski definition) is 6. The van der Waals surface area contributed by atoms with Gasteiger partial charge in [-0.15, -0.1) is 0 Å². The maximum atomic E-state index is 12.2. The quantitative estimate of drug-likeness (QED) is 0.673. The Morgan fingerprint density at radius 1 is 0.964 bits per heavy atom. The van der Waals surface area contributed by atoms with Gasteiger partial charge in [0.1, 0.15) is 18.0 Å². The highest BCUT2D eigenvalue weighted by atomic mass is 16.5. The summed E-state index contributed by atoms with van der Waals surface area (Å²) in [6.07, 6.45) is -1.03. The van der Waals surface area contributed by atoms with Crippen molar-refractivity contribution in [3.63, 3.8) is 0 Å². The van der Waals surface area contributed by atoms with Crippen LogP contribution in [0.4, 0.5) is 5.69 Å². The van der Waals surface area contributed by atoms with Crippen LogP contribution in [0, 0.1) is 0 Å². The molecule has 0 saturated carbocycles. The maximum Gasteiger partial charge on any atom is 0.326 e. The predicted molar refractivity (Wildman–Crippen MR) is 103 cm³/mol. The van der Waals surface area contributed by atoms with Crippen LogP contribution in [-0.4, -0.2) is 44.7 Å². The first-order chi connectivity index (χ1) is 13.4. The normalized spacial score (nSPS) is 11.1. The molecular formula is C20H22N2O6. The molecule has 148 valence electrons. The summed E-state index contributed by atoms with van der Waals surface area (Å²) in [6.45, 7) is 1.07. The molecule has 0 spiro atoms. The SMILES string of the molecule is COc1ccc(NC(=O)[C@H](C)OC(=O)CNC(=O)c2ccccc2OC)cc1. The minimum absolute atomic E-state index is 0.295. The van der Waals surface area contributed by atoms with Crippen LogP contribution in [-0.2, 0) is 14.3 Å². The molecule has 2 amide bonds. The van der Waals surface area contributed by atoms with Gasteiger partial charge in [-0.05, 0) is 43.3 Å². The molecule has 8 nitrogen and oxygen atoms in total. The first kappa shape index (κ1) is 20.8. The number of nitrogens with one attached hydrogen (secondary N) is 2. The number of anilines is 1. The number of carbonyl (C=O) groups excluding carboxylic acids is 3. The van der Waals surface area contributed by atoms with E-state index in [1.54, 1.807) is 55.6 Å². The molecule has 0 aliphatic carbocycles. The van der Waals surface area contributed by atoms with E-state index in [9.17, 15) is 14.4 Å². The summed E-state index contributed by atoms with van der Waals surface area (Å²) in [7, 11) is 2.99. The molecule has 2 N–H and O–H groups in total. The number of ether oxygens (including phenoxy) is 3. The molecule has 0 saturated heterocycles. The summed E-state index contributed by atoms with van der Waals surface area (Å²) in [5.41, 5.74) is 0.835. The third-order valence-corrected chi connectivity index (χ3v) is 3.78. The number of methoxy groups -OCH3 is 2. The van der Waals surface area contributed by atoms with Crippen LogP contribution in [0.25, 0.3) is 0 Å². The number of para-hydroxylation sites is 1. The first-order valence-corrected chi connectivity index (χ1v) is 8.50. The maximum absolute atomic E-state index is 12.2. The lowest BCUT2D eigenvalue weighted by Crippen LogP contribution is -2.35. The summed E-state index contributed by atoms with van der Waals surface area (Å²) < 4.78 is 15.2. The van der Waals surface area contributed by atoms with Gasteiger partial charge in [-0.1, -0.05) is 12.1 Å². The Morgan fingerprint density at radius 3 is 2.29 bits per heavy atom.